The normalized spacial score (nSPS) is 23.4. The number of amides is 1. The molecule has 1 aromatic rings. The van der Waals surface area contributed by atoms with Crippen molar-refractivity contribution in [2.75, 3.05) is 32.7 Å². The standard InChI is InChI=1S/C19H30N4OS/c1-2-20-19(23-13-15-7-3-4-8-16(15)14-23)22-11-6-10-21-18(24)17-9-5-12-25-17/h5,9,12,15-16H,2-4,6-8,10-11,13-14H2,1H3,(H,20,22)(H,21,24). The zero-order valence-electron chi connectivity index (χ0n) is 15.2. The van der Waals surface area contributed by atoms with Gasteiger partial charge in [-0.1, -0.05) is 18.9 Å². The first-order valence-corrected chi connectivity index (χ1v) is 10.5. The third-order valence-corrected chi connectivity index (χ3v) is 6.11. The van der Waals surface area contributed by atoms with Crippen molar-refractivity contribution in [1.82, 2.24) is 15.5 Å². The highest BCUT2D eigenvalue weighted by Crippen LogP contribution is 2.35. The zero-order valence-corrected chi connectivity index (χ0v) is 16.0. The topological polar surface area (TPSA) is 56.7 Å². The lowest BCUT2D eigenvalue weighted by Gasteiger charge is -2.22. The van der Waals surface area contributed by atoms with Crippen LogP contribution in [0.1, 0.15) is 48.7 Å². The number of guanidine groups is 1. The molecule has 6 heteroatoms. The average Bonchev–Trinajstić information content (AvgIpc) is 3.29. The Balaban J connectivity index is 1.43. The molecule has 0 spiro atoms. The molecule has 0 aromatic carbocycles. The molecule has 1 aliphatic carbocycles. The Labute approximate surface area is 154 Å². The number of fused-ring (bicyclic) bond motifs is 1. The molecule has 2 N–H and O–H groups in total. The Morgan fingerprint density at radius 2 is 2.04 bits per heavy atom. The molecule has 2 fully saturated rings. The fourth-order valence-corrected chi connectivity index (χ4v) is 4.61. The van der Waals surface area contributed by atoms with Crippen LogP contribution in [0.25, 0.3) is 0 Å². The maximum absolute atomic E-state index is 11.9. The van der Waals surface area contributed by atoms with Gasteiger partial charge >= 0.3 is 0 Å². The van der Waals surface area contributed by atoms with Crippen LogP contribution in [0.4, 0.5) is 0 Å². The quantitative estimate of drug-likeness (QED) is 0.465. The molecule has 1 saturated carbocycles. The Bertz CT molecular complexity index is 558. The molecule has 3 rings (SSSR count). The maximum Gasteiger partial charge on any atom is 0.261 e. The molecule has 2 unspecified atom stereocenters. The van der Waals surface area contributed by atoms with E-state index >= 15 is 0 Å². The molecule has 2 heterocycles. The molecule has 138 valence electrons. The van der Waals surface area contributed by atoms with Crippen LogP contribution in [0.2, 0.25) is 0 Å². The summed E-state index contributed by atoms with van der Waals surface area (Å²) in [5, 5.41) is 8.34. The second kappa shape index (κ2) is 9.22. The summed E-state index contributed by atoms with van der Waals surface area (Å²) in [6.45, 7) is 6.76. The Morgan fingerprint density at radius 1 is 1.28 bits per heavy atom. The lowest BCUT2D eigenvalue weighted by atomic mass is 9.82. The molecule has 0 bridgehead atoms. The second-order valence-corrected chi connectivity index (χ2v) is 7.98. The van der Waals surface area contributed by atoms with Gasteiger partial charge in [0.15, 0.2) is 5.96 Å². The number of aliphatic imine (C=N–C) groups is 1. The summed E-state index contributed by atoms with van der Waals surface area (Å²) >= 11 is 1.48. The highest BCUT2D eigenvalue weighted by atomic mass is 32.1. The predicted molar refractivity (Wildman–Crippen MR) is 104 cm³/mol. The van der Waals surface area contributed by atoms with Gasteiger partial charge < -0.3 is 15.5 Å². The van der Waals surface area contributed by atoms with E-state index in [0.29, 0.717) is 6.54 Å². The van der Waals surface area contributed by atoms with Crippen molar-refractivity contribution in [3.63, 3.8) is 0 Å². The number of rotatable bonds is 6. The van der Waals surface area contributed by atoms with Crippen LogP contribution >= 0.6 is 11.3 Å². The average molecular weight is 363 g/mol. The van der Waals surface area contributed by atoms with Crippen LogP contribution < -0.4 is 10.6 Å². The largest absolute Gasteiger partial charge is 0.357 e. The van der Waals surface area contributed by atoms with E-state index in [0.717, 1.165) is 55.3 Å². The van der Waals surface area contributed by atoms with E-state index in [4.69, 9.17) is 4.99 Å². The van der Waals surface area contributed by atoms with Gasteiger partial charge in [-0.3, -0.25) is 9.79 Å². The number of hydrogen-bond acceptors (Lipinski definition) is 3. The van der Waals surface area contributed by atoms with Crippen LogP contribution in [0.5, 0.6) is 0 Å². The third-order valence-electron chi connectivity index (χ3n) is 5.24. The summed E-state index contributed by atoms with van der Waals surface area (Å²) in [4.78, 5) is 19.9. The van der Waals surface area contributed by atoms with Crippen molar-refractivity contribution in [3.8, 4) is 0 Å². The smallest absolute Gasteiger partial charge is 0.261 e. The number of hydrogen-bond donors (Lipinski definition) is 2. The van der Waals surface area contributed by atoms with Gasteiger partial charge in [0, 0.05) is 32.7 Å². The first kappa shape index (κ1) is 18.2. The first-order valence-electron chi connectivity index (χ1n) is 9.63. The van der Waals surface area contributed by atoms with Crippen molar-refractivity contribution in [2.24, 2.45) is 16.8 Å². The summed E-state index contributed by atoms with van der Waals surface area (Å²) in [5.41, 5.74) is 0. The van der Waals surface area contributed by atoms with Gasteiger partial charge in [-0.25, -0.2) is 0 Å². The Morgan fingerprint density at radius 3 is 2.68 bits per heavy atom. The molecule has 0 radical (unpaired) electrons. The molecule has 1 aliphatic heterocycles. The molecule has 1 amide bonds. The summed E-state index contributed by atoms with van der Waals surface area (Å²) in [6, 6.07) is 3.76. The lowest BCUT2D eigenvalue weighted by Crippen LogP contribution is -2.40. The van der Waals surface area contributed by atoms with Crippen LogP contribution in [0.15, 0.2) is 22.5 Å². The zero-order chi connectivity index (χ0) is 17.5. The van der Waals surface area contributed by atoms with Crippen LogP contribution in [-0.4, -0.2) is 49.5 Å². The molecule has 2 aliphatic rings. The fourth-order valence-electron chi connectivity index (χ4n) is 3.97. The Kier molecular flexibility index (Phi) is 6.73. The van der Waals surface area contributed by atoms with Crippen LogP contribution in [0.3, 0.4) is 0 Å². The molecular weight excluding hydrogens is 332 g/mol. The van der Waals surface area contributed by atoms with Crippen molar-refractivity contribution in [2.45, 2.75) is 39.0 Å². The monoisotopic (exact) mass is 362 g/mol. The van der Waals surface area contributed by atoms with Gasteiger partial charge in [0.05, 0.1) is 4.88 Å². The highest BCUT2D eigenvalue weighted by molar-refractivity contribution is 7.12. The maximum atomic E-state index is 11.9. The van der Waals surface area contributed by atoms with Gasteiger partial charge in [0.1, 0.15) is 0 Å². The Hall–Kier alpha value is -1.56. The van der Waals surface area contributed by atoms with Gasteiger partial charge in [0.2, 0.25) is 0 Å². The van der Waals surface area contributed by atoms with Crippen molar-refractivity contribution in [1.29, 1.82) is 0 Å². The lowest BCUT2D eigenvalue weighted by molar-refractivity contribution is 0.0957. The molecule has 1 saturated heterocycles. The summed E-state index contributed by atoms with van der Waals surface area (Å²) in [7, 11) is 0. The molecule has 25 heavy (non-hydrogen) atoms. The number of carbonyl (C=O) groups excluding carboxylic acids is 1. The second-order valence-electron chi connectivity index (χ2n) is 7.03. The van der Waals surface area contributed by atoms with Gasteiger partial charge in [-0.2, -0.15) is 0 Å². The van der Waals surface area contributed by atoms with E-state index < -0.39 is 0 Å². The third kappa shape index (κ3) is 4.97. The van der Waals surface area contributed by atoms with Crippen LogP contribution in [-0.2, 0) is 0 Å². The minimum Gasteiger partial charge on any atom is -0.357 e. The van der Waals surface area contributed by atoms with Gasteiger partial charge in [-0.05, 0) is 49.5 Å². The minimum absolute atomic E-state index is 0.0227. The van der Waals surface area contributed by atoms with Crippen molar-refractivity contribution in [3.05, 3.63) is 22.4 Å². The van der Waals surface area contributed by atoms with E-state index in [2.05, 4.69) is 22.5 Å². The summed E-state index contributed by atoms with van der Waals surface area (Å²) in [6.07, 6.45) is 6.43. The number of thiophene rings is 1. The van der Waals surface area contributed by atoms with E-state index in [1.807, 2.05) is 17.5 Å². The SMILES string of the molecule is CCNC(=NCCCNC(=O)c1cccs1)N1CC2CCCCC2C1. The number of nitrogens with zero attached hydrogens (tertiary/aromatic N) is 2. The first-order chi connectivity index (χ1) is 12.3. The van der Waals surface area contributed by atoms with E-state index in [1.165, 1.54) is 37.0 Å². The number of nitrogens with one attached hydrogen (secondary N) is 2. The van der Waals surface area contributed by atoms with E-state index in [-0.39, 0.29) is 5.91 Å². The van der Waals surface area contributed by atoms with Gasteiger partial charge in [0.25, 0.3) is 5.91 Å². The van der Waals surface area contributed by atoms with Crippen LogP contribution in [0, 0.1) is 11.8 Å². The molecular formula is C19H30N4OS. The van der Waals surface area contributed by atoms with Crippen molar-refractivity contribution < 1.29 is 4.79 Å². The number of likely N-dealkylation sites (tertiary alicyclic amines) is 1. The highest BCUT2D eigenvalue weighted by Gasteiger charge is 2.35. The summed E-state index contributed by atoms with van der Waals surface area (Å²) < 4.78 is 0. The minimum atomic E-state index is 0.0227. The number of carbonyl (C=O) groups is 1. The van der Waals surface area contributed by atoms with Gasteiger partial charge in [-0.15, -0.1) is 11.3 Å². The summed E-state index contributed by atoms with van der Waals surface area (Å²) in [5.74, 6) is 2.81. The predicted octanol–water partition coefficient (Wildman–Crippen LogP) is 2.96. The van der Waals surface area contributed by atoms with E-state index in [9.17, 15) is 4.79 Å². The van der Waals surface area contributed by atoms with E-state index in [1.54, 1.807) is 0 Å². The molecule has 2 atom stereocenters. The molecule has 5 nitrogen and oxygen atoms in total. The molecule has 1 aromatic heterocycles. The van der Waals surface area contributed by atoms with Crippen molar-refractivity contribution >= 4 is 23.2 Å². The fraction of sp³-hybridized carbons (Fsp3) is 0.684.